The molecule has 0 atom stereocenters. The van der Waals surface area contributed by atoms with Crippen LogP contribution in [-0.2, 0) is 6.42 Å². The first-order chi connectivity index (χ1) is 19.0. The second kappa shape index (κ2) is 10.5. The molecule has 1 fully saturated rings. The second-order valence-electron chi connectivity index (χ2n) is 9.49. The minimum Gasteiger partial charge on any atom is -0.477 e. The van der Waals surface area contributed by atoms with Crippen molar-refractivity contribution in [2.45, 2.75) is 20.3 Å². The predicted octanol–water partition coefficient (Wildman–Crippen LogP) is 5.52. The van der Waals surface area contributed by atoms with Crippen LogP contribution in [0.25, 0.3) is 31.7 Å². The van der Waals surface area contributed by atoms with Crippen molar-refractivity contribution in [2.24, 2.45) is 0 Å². The summed E-state index contributed by atoms with van der Waals surface area (Å²) in [4.78, 5) is 29.0. The largest absolute Gasteiger partial charge is 0.477 e. The van der Waals surface area contributed by atoms with Gasteiger partial charge in [0.25, 0.3) is 5.69 Å². The monoisotopic (exact) mass is 540 g/mol. The minimum atomic E-state index is -0.374. The van der Waals surface area contributed by atoms with Crippen molar-refractivity contribution in [2.75, 3.05) is 37.7 Å². The van der Waals surface area contributed by atoms with Crippen LogP contribution in [0.15, 0.2) is 54.6 Å². The standard InChI is InChI=1S/C29H28N6O3S/c1-3-38-27-26-25(32-29(33-27)34-15-13-30-14-16-34)23-18(2)22(17-19-9-11-21(12-10-19)35(36)37)24(31-28(23)39-26)20-7-5-4-6-8-20/h4-12,30H,3,13-17H2,1-2H3. The van der Waals surface area contributed by atoms with Gasteiger partial charge in [0.05, 0.1) is 17.2 Å². The number of hydrogen-bond donors (Lipinski definition) is 1. The number of non-ortho nitro benzene ring substituents is 1. The molecule has 5 aromatic rings. The molecule has 198 valence electrons. The van der Waals surface area contributed by atoms with E-state index < -0.39 is 0 Å². The number of benzene rings is 2. The maximum atomic E-state index is 11.2. The Balaban J connectivity index is 1.57. The van der Waals surface area contributed by atoms with E-state index in [9.17, 15) is 10.1 Å². The molecule has 39 heavy (non-hydrogen) atoms. The molecule has 1 aliphatic rings. The topological polar surface area (TPSA) is 106 Å². The van der Waals surface area contributed by atoms with E-state index in [1.54, 1.807) is 23.5 Å². The minimum absolute atomic E-state index is 0.0803. The van der Waals surface area contributed by atoms with Gasteiger partial charge in [0.15, 0.2) is 0 Å². The van der Waals surface area contributed by atoms with Crippen LogP contribution in [0, 0.1) is 17.0 Å². The van der Waals surface area contributed by atoms with Gasteiger partial charge in [0, 0.05) is 49.3 Å². The highest BCUT2D eigenvalue weighted by Gasteiger charge is 2.24. The Morgan fingerprint density at radius 2 is 1.79 bits per heavy atom. The zero-order chi connectivity index (χ0) is 26.9. The van der Waals surface area contributed by atoms with E-state index in [2.05, 4.69) is 29.3 Å². The van der Waals surface area contributed by atoms with Gasteiger partial charge in [-0.1, -0.05) is 42.5 Å². The summed E-state index contributed by atoms with van der Waals surface area (Å²) in [7, 11) is 0. The number of aryl methyl sites for hydroxylation is 1. The first-order valence-corrected chi connectivity index (χ1v) is 13.9. The van der Waals surface area contributed by atoms with Crippen molar-refractivity contribution in [3.63, 3.8) is 0 Å². The molecule has 0 spiro atoms. The fraction of sp³-hybridized carbons (Fsp3) is 0.276. The number of piperazine rings is 1. The number of ether oxygens (including phenoxy) is 1. The van der Waals surface area contributed by atoms with Crippen LogP contribution in [0.1, 0.15) is 23.6 Å². The van der Waals surface area contributed by atoms with Gasteiger partial charge >= 0.3 is 0 Å². The highest BCUT2D eigenvalue weighted by molar-refractivity contribution is 7.25. The summed E-state index contributed by atoms with van der Waals surface area (Å²) < 4.78 is 6.92. The molecule has 6 rings (SSSR count). The highest BCUT2D eigenvalue weighted by Crippen LogP contribution is 2.42. The number of nitro groups is 1. The molecule has 0 radical (unpaired) electrons. The highest BCUT2D eigenvalue weighted by atomic mass is 32.1. The lowest BCUT2D eigenvalue weighted by atomic mass is 9.94. The molecule has 9 nitrogen and oxygen atoms in total. The summed E-state index contributed by atoms with van der Waals surface area (Å²) in [6, 6.07) is 16.9. The van der Waals surface area contributed by atoms with Crippen molar-refractivity contribution < 1.29 is 9.66 Å². The lowest BCUT2D eigenvalue weighted by molar-refractivity contribution is -0.384. The molecule has 1 aliphatic heterocycles. The number of nitrogens with zero attached hydrogens (tertiary/aromatic N) is 5. The molecule has 0 unspecified atom stereocenters. The third kappa shape index (κ3) is 4.77. The van der Waals surface area contributed by atoms with Crippen LogP contribution < -0.4 is 15.0 Å². The zero-order valence-electron chi connectivity index (χ0n) is 21.8. The van der Waals surface area contributed by atoms with Crippen LogP contribution in [0.5, 0.6) is 5.88 Å². The van der Waals surface area contributed by atoms with Gasteiger partial charge in [0.1, 0.15) is 15.0 Å². The molecule has 0 bridgehead atoms. The lowest BCUT2D eigenvalue weighted by Gasteiger charge is -2.27. The van der Waals surface area contributed by atoms with Crippen LogP contribution in [0.3, 0.4) is 0 Å². The van der Waals surface area contributed by atoms with Gasteiger partial charge in [-0.05, 0) is 37.0 Å². The first kappa shape index (κ1) is 25.1. The summed E-state index contributed by atoms with van der Waals surface area (Å²) in [5.74, 6) is 1.27. The molecular weight excluding hydrogens is 512 g/mol. The third-order valence-corrected chi connectivity index (χ3v) is 8.12. The Morgan fingerprint density at radius 1 is 1.05 bits per heavy atom. The maximum absolute atomic E-state index is 11.2. The number of fused-ring (bicyclic) bond motifs is 3. The molecule has 0 saturated carbocycles. The summed E-state index contributed by atoms with van der Waals surface area (Å²) >= 11 is 1.56. The number of rotatable bonds is 7. The van der Waals surface area contributed by atoms with E-state index >= 15 is 0 Å². The van der Waals surface area contributed by atoms with Crippen molar-refractivity contribution >= 4 is 43.4 Å². The average molecular weight is 541 g/mol. The fourth-order valence-corrected chi connectivity index (χ4v) is 6.19. The molecule has 4 heterocycles. The second-order valence-corrected chi connectivity index (χ2v) is 10.5. The fourth-order valence-electron chi connectivity index (χ4n) is 5.07. The first-order valence-electron chi connectivity index (χ1n) is 13.0. The van der Waals surface area contributed by atoms with Gasteiger partial charge in [-0.25, -0.2) is 9.97 Å². The van der Waals surface area contributed by atoms with Crippen molar-refractivity contribution in [1.82, 2.24) is 20.3 Å². The van der Waals surface area contributed by atoms with Crippen LogP contribution in [-0.4, -0.2) is 52.7 Å². The lowest BCUT2D eigenvalue weighted by Crippen LogP contribution is -2.44. The average Bonchev–Trinajstić information content (AvgIpc) is 3.35. The molecule has 2 aromatic carbocycles. The molecule has 1 N–H and O–H groups in total. The van der Waals surface area contributed by atoms with Gasteiger partial charge in [0.2, 0.25) is 11.8 Å². The van der Waals surface area contributed by atoms with E-state index in [0.29, 0.717) is 24.9 Å². The Bertz CT molecular complexity index is 1660. The SMILES string of the molecule is CCOc1nc(N2CCNCC2)nc2c1sc1nc(-c3ccccc3)c(Cc3ccc([N+](=O)[O-])cc3)c(C)c12. The van der Waals surface area contributed by atoms with Crippen LogP contribution in [0.4, 0.5) is 11.6 Å². The van der Waals surface area contributed by atoms with Crippen molar-refractivity contribution in [3.05, 3.63) is 81.4 Å². The number of nitro benzene ring substituents is 1. The summed E-state index contributed by atoms with van der Waals surface area (Å²) in [5, 5.41) is 15.6. The van der Waals surface area contributed by atoms with Gasteiger partial charge in [-0.2, -0.15) is 4.98 Å². The number of thiophene rings is 1. The van der Waals surface area contributed by atoms with E-state index in [0.717, 1.165) is 74.6 Å². The normalized spacial score (nSPS) is 13.7. The van der Waals surface area contributed by atoms with Crippen molar-refractivity contribution in [3.8, 4) is 17.1 Å². The van der Waals surface area contributed by atoms with E-state index in [1.165, 1.54) is 0 Å². The summed E-state index contributed by atoms with van der Waals surface area (Å²) in [5.41, 5.74) is 6.01. The Labute approximate surface area is 229 Å². The Kier molecular flexibility index (Phi) is 6.80. The van der Waals surface area contributed by atoms with Crippen molar-refractivity contribution in [1.29, 1.82) is 0 Å². The van der Waals surface area contributed by atoms with E-state index in [4.69, 9.17) is 19.7 Å². The molecular formula is C29H28N6O3S. The number of hydrogen-bond acceptors (Lipinski definition) is 9. The number of nitrogens with one attached hydrogen (secondary N) is 1. The number of aromatic nitrogens is 3. The third-order valence-electron chi connectivity index (χ3n) is 7.06. The Hall–Kier alpha value is -4.15. The van der Waals surface area contributed by atoms with Gasteiger partial charge < -0.3 is 15.0 Å². The smallest absolute Gasteiger partial charge is 0.269 e. The number of pyridine rings is 1. The zero-order valence-corrected chi connectivity index (χ0v) is 22.6. The summed E-state index contributed by atoms with van der Waals surface area (Å²) in [6.07, 6.45) is 0.586. The quantitative estimate of drug-likeness (QED) is 0.212. The maximum Gasteiger partial charge on any atom is 0.269 e. The van der Waals surface area contributed by atoms with Crippen LogP contribution in [0.2, 0.25) is 0 Å². The van der Waals surface area contributed by atoms with Gasteiger partial charge in [-0.3, -0.25) is 10.1 Å². The molecule has 0 amide bonds. The van der Waals surface area contributed by atoms with Crippen LogP contribution >= 0.6 is 11.3 Å². The summed E-state index contributed by atoms with van der Waals surface area (Å²) in [6.45, 7) is 8.03. The number of anilines is 1. The molecule has 3 aromatic heterocycles. The Morgan fingerprint density at radius 3 is 2.49 bits per heavy atom. The molecule has 1 saturated heterocycles. The molecule has 0 aliphatic carbocycles. The van der Waals surface area contributed by atoms with Gasteiger partial charge in [-0.15, -0.1) is 11.3 Å². The molecule has 10 heteroatoms. The van der Waals surface area contributed by atoms with E-state index in [1.807, 2.05) is 37.3 Å². The van der Waals surface area contributed by atoms with E-state index in [-0.39, 0.29) is 10.6 Å². The predicted molar refractivity (Wildman–Crippen MR) is 155 cm³/mol.